The van der Waals surface area contributed by atoms with E-state index in [4.69, 9.17) is 4.74 Å². The van der Waals surface area contributed by atoms with Crippen molar-refractivity contribution in [2.24, 2.45) is 0 Å². The van der Waals surface area contributed by atoms with Crippen molar-refractivity contribution in [2.75, 3.05) is 0 Å². The van der Waals surface area contributed by atoms with Crippen molar-refractivity contribution in [1.82, 2.24) is 10.9 Å². The highest BCUT2D eigenvalue weighted by atomic mass is 19.1. The standard InChI is InChI=1S/C23H19FN2O3/c24-20-13-8-17(9-14-20)10-15-22(27)25-26-23(28)19-11-6-18(7-12-19)16-29-21-4-2-1-3-5-21/h1-15H,16H2,(H,25,27)(H,26,28)/b15-10+. The number of para-hydroxylation sites is 1. The van der Waals surface area contributed by atoms with E-state index < -0.39 is 11.8 Å². The van der Waals surface area contributed by atoms with Gasteiger partial charge < -0.3 is 4.74 Å². The Morgan fingerprint density at radius 3 is 2.24 bits per heavy atom. The van der Waals surface area contributed by atoms with E-state index >= 15 is 0 Å². The van der Waals surface area contributed by atoms with Crippen molar-refractivity contribution in [3.8, 4) is 5.75 Å². The molecule has 0 saturated heterocycles. The van der Waals surface area contributed by atoms with Gasteiger partial charge in [-0.1, -0.05) is 42.5 Å². The Bertz CT molecular complexity index is 985. The molecule has 0 bridgehead atoms. The lowest BCUT2D eigenvalue weighted by Crippen LogP contribution is -2.40. The smallest absolute Gasteiger partial charge is 0.269 e. The third-order valence-corrected chi connectivity index (χ3v) is 3.96. The highest BCUT2D eigenvalue weighted by Gasteiger charge is 2.06. The number of ether oxygens (including phenoxy) is 1. The Morgan fingerprint density at radius 1 is 0.862 bits per heavy atom. The van der Waals surface area contributed by atoms with Crippen LogP contribution < -0.4 is 15.6 Å². The molecular formula is C23H19FN2O3. The third-order valence-electron chi connectivity index (χ3n) is 3.96. The first-order valence-corrected chi connectivity index (χ1v) is 8.91. The van der Waals surface area contributed by atoms with Crippen LogP contribution in [0.5, 0.6) is 5.75 Å². The van der Waals surface area contributed by atoms with Gasteiger partial charge in [-0.2, -0.15) is 0 Å². The predicted octanol–water partition coefficient (Wildman–Crippen LogP) is 3.88. The maximum absolute atomic E-state index is 12.8. The molecule has 29 heavy (non-hydrogen) atoms. The molecule has 0 spiro atoms. The van der Waals surface area contributed by atoms with Crippen LogP contribution in [0.15, 0.2) is 84.9 Å². The van der Waals surface area contributed by atoms with Crippen LogP contribution in [0.2, 0.25) is 0 Å². The number of benzene rings is 3. The molecule has 0 aliphatic rings. The Morgan fingerprint density at radius 2 is 1.55 bits per heavy atom. The van der Waals surface area contributed by atoms with E-state index in [1.165, 1.54) is 24.3 Å². The summed E-state index contributed by atoms with van der Waals surface area (Å²) in [5.41, 5.74) is 6.62. The molecule has 0 heterocycles. The van der Waals surface area contributed by atoms with Crippen LogP contribution in [0.4, 0.5) is 4.39 Å². The molecule has 2 N–H and O–H groups in total. The molecule has 0 fully saturated rings. The lowest BCUT2D eigenvalue weighted by atomic mass is 10.1. The topological polar surface area (TPSA) is 67.4 Å². The summed E-state index contributed by atoms with van der Waals surface area (Å²) in [7, 11) is 0. The summed E-state index contributed by atoms with van der Waals surface area (Å²) >= 11 is 0. The highest BCUT2D eigenvalue weighted by Crippen LogP contribution is 2.12. The Hall–Kier alpha value is -3.93. The van der Waals surface area contributed by atoms with Gasteiger partial charge in [0.2, 0.25) is 0 Å². The van der Waals surface area contributed by atoms with Gasteiger partial charge in [-0.05, 0) is 53.6 Å². The minimum Gasteiger partial charge on any atom is -0.489 e. The molecule has 2 amide bonds. The molecule has 0 aromatic heterocycles. The van der Waals surface area contributed by atoms with E-state index in [9.17, 15) is 14.0 Å². The third kappa shape index (κ3) is 6.32. The second kappa shape index (κ2) is 9.85. The molecule has 5 nitrogen and oxygen atoms in total. The SMILES string of the molecule is O=C(/C=C/c1ccc(F)cc1)NNC(=O)c1ccc(COc2ccccc2)cc1. The zero-order chi connectivity index (χ0) is 20.5. The second-order valence-corrected chi connectivity index (χ2v) is 6.13. The lowest BCUT2D eigenvalue weighted by molar-refractivity contribution is -0.117. The number of hydrazine groups is 1. The Labute approximate surface area is 167 Å². The van der Waals surface area contributed by atoms with E-state index in [1.54, 1.807) is 36.4 Å². The fraction of sp³-hybridized carbons (Fsp3) is 0.0435. The molecule has 0 unspecified atom stereocenters. The van der Waals surface area contributed by atoms with Crippen LogP contribution in [-0.4, -0.2) is 11.8 Å². The predicted molar refractivity (Wildman–Crippen MR) is 108 cm³/mol. The fourth-order valence-corrected chi connectivity index (χ4v) is 2.41. The van der Waals surface area contributed by atoms with E-state index in [1.807, 2.05) is 30.3 Å². The lowest BCUT2D eigenvalue weighted by Gasteiger charge is -2.08. The monoisotopic (exact) mass is 390 g/mol. The van der Waals surface area contributed by atoms with Gasteiger partial charge in [-0.3, -0.25) is 20.4 Å². The highest BCUT2D eigenvalue weighted by molar-refractivity contribution is 5.97. The summed E-state index contributed by atoms with van der Waals surface area (Å²) in [4.78, 5) is 23.9. The van der Waals surface area contributed by atoms with Gasteiger partial charge in [0.1, 0.15) is 18.2 Å². The Kier molecular flexibility index (Phi) is 6.73. The Balaban J connectivity index is 1.46. The maximum atomic E-state index is 12.8. The van der Waals surface area contributed by atoms with E-state index in [2.05, 4.69) is 10.9 Å². The van der Waals surface area contributed by atoms with Crippen LogP contribution >= 0.6 is 0 Å². The summed E-state index contributed by atoms with van der Waals surface area (Å²) in [6.07, 6.45) is 2.76. The molecule has 3 aromatic carbocycles. The van der Waals surface area contributed by atoms with Crippen molar-refractivity contribution in [1.29, 1.82) is 0 Å². The van der Waals surface area contributed by atoms with Gasteiger partial charge in [0.05, 0.1) is 0 Å². The number of nitrogens with one attached hydrogen (secondary N) is 2. The van der Waals surface area contributed by atoms with Gasteiger partial charge in [-0.25, -0.2) is 4.39 Å². The average molecular weight is 390 g/mol. The molecule has 0 aliphatic heterocycles. The summed E-state index contributed by atoms with van der Waals surface area (Å²) in [5, 5.41) is 0. The fourth-order valence-electron chi connectivity index (χ4n) is 2.41. The molecule has 0 radical (unpaired) electrons. The first-order valence-electron chi connectivity index (χ1n) is 8.91. The summed E-state index contributed by atoms with van der Waals surface area (Å²) in [6, 6.07) is 22.0. The zero-order valence-corrected chi connectivity index (χ0v) is 15.5. The van der Waals surface area contributed by atoms with Crippen LogP contribution in [-0.2, 0) is 11.4 Å². The van der Waals surface area contributed by atoms with Crippen LogP contribution in [0, 0.1) is 5.82 Å². The minimum atomic E-state index is -0.504. The van der Waals surface area contributed by atoms with Gasteiger partial charge in [-0.15, -0.1) is 0 Å². The van der Waals surface area contributed by atoms with E-state index in [0.717, 1.165) is 11.3 Å². The summed E-state index contributed by atoms with van der Waals surface area (Å²) in [5.74, 6) is -0.526. The number of rotatable bonds is 6. The minimum absolute atomic E-state index is 0.350. The molecule has 6 heteroatoms. The quantitative estimate of drug-likeness (QED) is 0.496. The zero-order valence-electron chi connectivity index (χ0n) is 15.5. The van der Waals surface area contributed by atoms with E-state index in [-0.39, 0.29) is 5.82 Å². The normalized spacial score (nSPS) is 10.5. The molecule has 3 rings (SSSR count). The van der Waals surface area contributed by atoms with Crippen molar-refractivity contribution in [3.63, 3.8) is 0 Å². The number of hydrogen-bond acceptors (Lipinski definition) is 3. The van der Waals surface area contributed by atoms with Crippen LogP contribution in [0.3, 0.4) is 0 Å². The molecule has 3 aromatic rings. The number of halogens is 1. The van der Waals surface area contributed by atoms with Crippen molar-refractivity contribution in [3.05, 3.63) is 107 Å². The van der Waals surface area contributed by atoms with Gasteiger partial charge >= 0.3 is 0 Å². The van der Waals surface area contributed by atoms with Crippen molar-refractivity contribution >= 4 is 17.9 Å². The van der Waals surface area contributed by atoms with Gasteiger partial charge in [0.25, 0.3) is 11.8 Å². The number of hydrogen-bond donors (Lipinski definition) is 2. The second-order valence-electron chi connectivity index (χ2n) is 6.13. The van der Waals surface area contributed by atoms with Crippen molar-refractivity contribution in [2.45, 2.75) is 6.61 Å². The first kappa shape index (κ1) is 19.8. The van der Waals surface area contributed by atoms with Crippen LogP contribution in [0.1, 0.15) is 21.5 Å². The first-order chi connectivity index (χ1) is 14.1. The van der Waals surface area contributed by atoms with Gasteiger partial charge in [0.15, 0.2) is 0 Å². The summed E-state index contributed by atoms with van der Waals surface area (Å²) < 4.78 is 18.5. The van der Waals surface area contributed by atoms with Gasteiger partial charge in [0, 0.05) is 11.6 Å². The molecule has 146 valence electrons. The summed E-state index contributed by atoms with van der Waals surface area (Å²) in [6.45, 7) is 0.386. The molecule has 0 atom stereocenters. The largest absolute Gasteiger partial charge is 0.489 e. The van der Waals surface area contributed by atoms with Crippen LogP contribution in [0.25, 0.3) is 6.08 Å². The maximum Gasteiger partial charge on any atom is 0.269 e. The molecule has 0 saturated carbocycles. The molecule has 0 aliphatic carbocycles. The number of amides is 2. The average Bonchev–Trinajstić information content (AvgIpc) is 2.76. The van der Waals surface area contributed by atoms with E-state index in [0.29, 0.717) is 17.7 Å². The number of carbonyl (C=O) groups is 2. The number of carbonyl (C=O) groups excluding carboxylic acids is 2. The van der Waals surface area contributed by atoms with Crippen molar-refractivity contribution < 1.29 is 18.7 Å². The molecular weight excluding hydrogens is 371 g/mol.